The largest absolute Gasteiger partial charge is 0.491 e. The highest BCUT2D eigenvalue weighted by molar-refractivity contribution is 5.41. The van der Waals surface area contributed by atoms with Crippen LogP contribution in [0.3, 0.4) is 0 Å². The third kappa shape index (κ3) is 2.49. The summed E-state index contributed by atoms with van der Waals surface area (Å²) in [5.41, 5.74) is 2.62. The van der Waals surface area contributed by atoms with E-state index in [4.69, 9.17) is 9.47 Å². The molecule has 0 N–H and O–H groups in total. The molecular formula is C12H16NO2. The lowest BCUT2D eigenvalue weighted by molar-refractivity contribution is 0.145. The van der Waals surface area contributed by atoms with Crippen LogP contribution in [0.1, 0.15) is 11.1 Å². The zero-order valence-corrected chi connectivity index (χ0v) is 9.03. The maximum atomic E-state index is 5.68. The van der Waals surface area contributed by atoms with Gasteiger partial charge >= 0.3 is 0 Å². The SMILES string of the molecule is COCCOc1cccc2c1CC[N]C2. The summed E-state index contributed by atoms with van der Waals surface area (Å²) < 4.78 is 10.6. The number of nitrogens with zero attached hydrogens (tertiary/aromatic N) is 1. The second kappa shape index (κ2) is 5.14. The normalized spacial score (nSPS) is 14.7. The lowest BCUT2D eigenvalue weighted by Crippen LogP contribution is -2.18. The quantitative estimate of drug-likeness (QED) is 0.697. The van der Waals surface area contributed by atoms with Crippen molar-refractivity contribution in [1.29, 1.82) is 0 Å². The van der Waals surface area contributed by atoms with E-state index in [-0.39, 0.29) is 0 Å². The van der Waals surface area contributed by atoms with Crippen molar-refractivity contribution in [2.45, 2.75) is 13.0 Å². The fourth-order valence-electron chi connectivity index (χ4n) is 1.80. The second-order valence-corrected chi connectivity index (χ2v) is 3.59. The molecule has 0 bridgehead atoms. The fraction of sp³-hybridized carbons (Fsp3) is 0.500. The molecule has 0 unspecified atom stereocenters. The molecule has 15 heavy (non-hydrogen) atoms. The summed E-state index contributed by atoms with van der Waals surface area (Å²) in [6.45, 7) is 2.99. The first kappa shape index (κ1) is 10.5. The summed E-state index contributed by atoms with van der Waals surface area (Å²) in [5, 5.41) is 4.38. The van der Waals surface area contributed by atoms with Crippen LogP contribution >= 0.6 is 0 Å². The monoisotopic (exact) mass is 206 g/mol. The Hall–Kier alpha value is -1.06. The van der Waals surface area contributed by atoms with E-state index < -0.39 is 0 Å². The molecule has 1 aliphatic rings. The molecule has 0 saturated carbocycles. The van der Waals surface area contributed by atoms with Crippen molar-refractivity contribution in [2.24, 2.45) is 0 Å². The highest BCUT2D eigenvalue weighted by Gasteiger charge is 2.13. The zero-order chi connectivity index (χ0) is 10.5. The van der Waals surface area contributed by atoms with E-state index in [9.17, 15) is 0 Å². The van der Waals surface area contributed by atoms with Crippen molar-refractivity contribution in [3.8, 4) is 5.75 Å². The number of hydrogen-bond donors (Lipinski definition) is 0. The molecule has 1 aliphatic heterocycles. The molecule has 1 heterocycles. The molecule has 3 heteroatoms. The van der Waals surface area contributed by atoms with E-state index in [2.05, 4.69) is 11.4 Å². The molecule has 0 atom stereocenters. The third-order valence-electron chi connectivity index (χ3n) is 2.58. The predicted octanol–water partition coefficient (Wildman–Crippen LogP) is 1.37. The minimum Gasteiger partial charge on any atom is -0.491 e. The molecule has 1 aromatic rings. The molecule has 0 saturated heterocycles. The van der Waals surface area contributed by atoms with E-state index in [1.807, 2.05) is 12.1 Å². The average molecular weight is 206 g/mol. The molecule has 3 nitrogen and oxygen atoms in total. The Morgan fingerprint density at radius 3 is 3.13 bits per heavy atom. The Bertz CT molecular complexity index is 325. The van der Waals surface area contributed by atoms with Crippen LogP contribution in [0, 0.1) is 0 Å². The third-order valence-corrected chi connectivity index (χ3v) is 2.58. The number of fused-ring (bicyclic) bond motifs is 1. The Balaban J connectivity index is 2.09. The van der Waals surface area contributed by atoms with Crippen molar-refractivity contribution in [1.82, 2.24) is 5.32 Å². The molecule has 0 amide bonds. The number of rotatable bonds is 4. The van der Waals surface area contributed by atoms with Crippen LogP contribution < -0.4 is 10.1 Å². The van der Waals surface area contributed by atoms with Gasteiger partial charge in [-0.15, -0.1) is 0 Å². The summed E-state index contributed by atoms with van der Waals surface area (Å²) >= 11 is 0. The highest BCUT2D eigenvalue weighted by Crippen LogP contribution is 2.25. The summed E-state index contributed by atoms with van der Waals surface area (Å²) in [6.07, 6.45) is 0.999. The first-order valence-corrected chi connectivity index (χ1v) is 5.27. The minimum absolute atomic E-state index is 0.615. The van der Waals surface area contributed by atoms with Gasteiger partial charge < -0.3 is 9.47 Å². The van der Waals surface area contributed by atoms with Gasteiger partial charge in [0.2, 0.25) is 0 Å². The molecule has 81 valence electrons. The van der Waals surface area contributed by atoms with Gasteiger partial charge in [-0.2, -0.15) is 0 Å². The van der Waals surface area contributed by atoms with E-state index in [1.54, 1.807) is 7.11 Å². The minimum atomic E-state index is 0.615. The average Bonchev–Trinajstić information content (AvgIpc) is 2.30. The second-order valence-electron chi connectivity index (χ2n) is 3.59. The summed E-state index contributed by atoms with van der Waals surface area (Å²) in [6, 6.07) is 6.18. The van der Waals surface area contributed by atoms with Crippen molar-refractivity contribution in [3.63, 3.8) is 0 Å². The Kier molecular flexibility index (Phi) is 3.59. The molecule has 0 aliphatic carbocycles. The van der Waals surface area contributed by atoms with Crippen molar-refractivity contribution in [3.05, 3.63) is 29.3 Å². The summed E-state index contributed by atoms with van der Waals surface area (Å²) in [4.78, 5) is 0. The number of hydrogen-bond acceptors (Lipinski definition) is 2. The van der Waals surface area contributed by atoms with Crippen LogP contribution in [0.5, 0.6) is 5.75 Å². The van der Waals surface area contributed by atoms with Crippen LogP contribution in [0.25, 0.3) is 0 Å². The van der Waals surface area contributed by atoms with Crippen LogP contribution in [-0.4, -0.2) is 26.9 Å². The van der Waals surface area contributed by atoms with Gasteiger partial charge in [0.05, 0.1) is 6.61 Å². The molecule has 1 aromatic carbocycles. The Labute approximate surface area is 90.4 Å². The molecular weight excluding hydrogens is 190 g/mol. The van der Waals surface area contributed by atoms with E-state index in [0.717, 1.165) is 25.3 Å². The van der Waals surface area contributed by atoms with Gasteiger partial charge in [0.15, 0.2) is 0 Å². The highest BCUT2D eigenvalue weighted by atomic mass is 16.5. The predicted molar refractivity (Wildman–Crippen MR) is 58.2 cm³/mol. The Morgan fingerprint density at radius 2 is 2.27 bits per heavy atom. The van der Waals surface area contributed by atoms with Gasteiger partial charge in [-0.25, -0.2) is 5.32 Å². The van der Waals surface area contributed by atoms with Crippen LogP contribution in [0.15, 0.2) is 18.2 Å². The van der Waals surface area contributed by atoms with Gasteiger partial charge in [-0.05, 0) is 23.6 Å². The fourth-order valence-corrected chi connectivity index (χ4v) is 1.80. The topological polar surface area (TPSA) is 32.6 Å². The van der Waals surface area contributed by atoms with Crippen molar-refractivity contribution in [2.75, 3.05) is 26.9 Å². The standard InChI is InChI=1S/C12H16NO2/c1-14-7-8-15-12-4-2-3-10-9-13-6-5-11(10)12/h2-4H,5-9H2,1H3. The molecule has 0 aromatic heterocycles. The van der Waals surface area contributed by atoms with E-state index in [1.165, 1.54) is 11.1 Å². The zero-order valence-electron chi connectivity index (χ0n) is 9.03. The van der Waals surface area contributed by atoms with Crippen LogP contribution in [0.4, 0.5) is 0 Å². The number of methoxy groups -OCH3 is 1. The smallest absolute Gasteiger partial charge is 0.122 e. The molecule has 2 rings (SSSR count). The maximum Gasteiger partial charge on any atom is 0.122 e. The molecule has 1 radical (unpaired) electrons. The van der Waals surface area contributed by atoms with E-state index >= 15 is 0 Å². The molecule has 0 fully saturated rings. The number of ether oxygens (including phenoxy) is 2. The molecule has 0 spiro atoms. The van der Waals surface area contributed by atoms with Gasteiger partial charge in [-0.1, -0.05) is 12.1 Å². The maximum absolute atomic E-state index is 5.68. The van der Waals surface area contributed by atoms with Gasteiger partial charge in [0, 0.05) is 20.2 Å². The van der Waals surface area contributed by atoms with Gasteiger partial charge in [-0.3, -0.25) is 0 Å². The Morgan fingerprint density at radius 1 is 1.33 bits per heavy atom. The van der Waals surface area contributed by atoms with E-state index in [0.29, 0.717) is 13.2 Å². The van der Waals surface area contributed by atoms with Gasteiger partial charge in [0.1, 0.15) is 12.4 Å². The van der Waals surface area contributed by atoms with Crippen LogP contribution in [0.2, 0.25) is 0 Å². The van der Waals surface area contributed by atoms with Crippen LogP contribution in [-0.2, 0) is 17.7 Å². The number of benzene rings is 1. The lowest BCUT2D eigenvalue weighted by Gasteiger charge is -2.19. The summed E-state index contributed by atoms with van der Waals surface area (Å²) in [5.74, 6) is 0.999. The van der Waals surface area contributed by atoms with Crippen molar-refractivity contribution < 1.29 is 9.47 Å². The lowest BCUT2D eigenvalue weighted by atomic mass is 10.0. The van der Waals surface area contributed by atoms with Crippen molar-refractivity contribution >= 4 is 0 Å². The van der Waals surface area contributed by atoms with Gasteiger partial charge in [0.25, 0.3) is 0 Å². The summed E-state index contributed by atoms with van der Waals surface area (Å²) in [7, 11) is 1.68. The first-order valence-electron chi connectivity index (χ1n) is 5.27. The first-order chi connectivity index (χ1) is 7.42.